The van der Waals surface area contributed by atoms with Gasteiger partial charge in [-0.2, -0.15) is 0 Å². The average Bonchev–Trinajstić information content (AvgIpc) is 3.43. The Morgan fingerprint density at radius 3 is 2.65 bits per heavy atom. The second kappa shape index (κ2) is 13.4. The molecule has 1 aromatic carbocycles. The van der Waals surface area contributed by atoms with Crippen LogP contribution in [-0.4, -0.2) is 49.6 Å². The van der Waals surface area contributed by atoms with Gasteiger partial charge in [0.1, 0.15) is 11.5 Å². The number of hydrogen-bond donors (Lipinski definition) is 1. The van der Waals surface area contributed by atoms with E-state index in [-0.39, 0.29) is 24.0 Å². The lowest BCUT2D eigenvalue weighted by molar-refractivity contribution is 0.414. The summed E-state index contributed by atoms with van der Waals surface area (Å²) in [6.45, 7) is 4.45. The number of aliphatic imine (C=N–C) groups is 1. The Balaban J connectivity index is 0.00000341. The van der Waals surface area contributed by atoms with Gasteiger partial charge in [-0.15, -0.1) is 35.3 Å². The number of guanidine groups is 1. The molecule has 0 fully saturated rings. The minimum atomic E-state index is 0. The Labute approximate surface area is 205 Å². The van der Waals surface area contributed by atoms with E-state index in [9.17, 15) is 0 Å². The van der Waals surface area contributed by atoms with Crippen molar-refractivity contribution in [2.24, 2.45) is 4.99 Å². The number of ether oxygens (including phenoxy) is 1. The molecular formula is C23H31IN4O2S. The largest absolute Gasteiger partial charge is 0.497 e. The van der Waals surface area contributed by atoms with Crippen molar-refractivity contribution in [2.45, 2.75) is 26.2 Å². The first kappa shape index (κ1) is 25.2. The van der Waals surface area contributed by atoms with E-state index in [0.717, 1.165) is 54.8 Å². The fourth-order valence-corrected chi connectivity index (χ4v) is 3.81. The lowest BCUT2D eigenvalue weighted by Gasteiger charge is -2.22. The third-order valence-electron chi connectivity index (χ3n) is 4.75. The van der Waals surface area contributed by atoms with Crippen LogP contribution in [0.2, 0.25) is 0 Å². The number of thiazole rings is 1. The molecule has 0 radical (unpaired) electrons. The van der Waals surface area contributed by atoms with Crippen molar-refractivity contribution in [1.82, 2.24) is 15.2 Å². The zero-order valence-electron chi connectivity index (χ0n) is 18.3. The van der Waals surface area contributed by atoms with Gasteiger partial charge in [-0.05, 0) is 43.2 Å². The molecule has 2 aromatic heterocycles. The van der Waals surface area contributed by atoms with Crippen LogP contribution in [0.3, 0.4) is 0 Å². The molecule has 31 heavy (non-hydrogen) atoms. The molecule has 1 N–H and O–H groups in total. The van der Waals surface area contributed by atoms with Gasteiger partial charge in [0.2, 0.25) is 0 Å². The van der Waals surface area contributed by atoms with Crippen molar-refractivity contribution >= 4 is 41.3 Å². The first-order valence-corrected chi connectivity index (χ1v) is 11.0. The number of aromatic nitrogens is 1. The molecule has 0 spiro atoms. The van der Waals surface area contributed by atoms with Gasteiger partial charge in [-0.1, -0.05) is 12.1 Å². The van der Waals surface area contributed by atoms with Crippen molar-refractivity contribution in [1.29, 1.82) is 0 Å². The zero-order chi connectivity index (χ0) is 21.2. The van der Waals surface area contributed by atoms with Gasteiger partial charge >= 0.3 is 0 Å². The number of furan rings is 1. The van der Waals surface area contributed by atoms with E-state index in [1.165, 1.54) is 10.4 Å². The number of benzene rings is 1. The maximum absolute atomic E-state index is 5.42. The summed E-state index contributed by atoms with van der Waals surface area (Å²) in [5.41, 5.74) is 1.26. The molecule has 0 aliphatic carbocycles. The number of nitrogens with one attached hydrogen (secondary N) is 1. The lowest BCUT2D eigenvalue weighted by Crippen LogP contribution is -2.41. The van der Waals surface area contributed by atoms with E-state index in [0.29, 0.717) is 6.54 Å². The highest BCUT2D eigenvalue weighted by Gasteiger charge is 2.09. The summed E-state index contributed by atoms with van der Waals surface area (Å²) >= 11 is 1.75. The second-order valence-corrected chi connectivity index (χ2v) is 8.42. The number of likely N-dealkylation sites (N-methyl/N-ethyl adjacent to an activating group) is 1. The van der Waals surface area contributed by atoms with Gasteiger partial charge in [-0.3, -0.25) is 4.99 Å². The molecule has 3 aromatic rings. The molecule has 0 aliphatic heterocycles. The van der Waals surface area contributed by atoms with Crippen LogP contribution in [0, 0.1) is 6.92 Å². The van der Waals surface area contributed by atoms with Crippen molar-refractivity contribution in [3.8, 4) is 5.75 Å². The van der Waals surface area contributed by atoms with Crippen LogP contribution in [-0.2, 0) is 19.3 Å². The van der Waals surface area contributed by atoms with Crippen LogP contribution in [0.4, 0.5) is 0 Å². The fourth-order valence-electron chi connectivity index (χ4n) is 3.04. The molecule has 2 heterocycles. The van der Waals surface area contributed by atoms with Gasteiger partial charge in [0.25, 0.3) is 0 Å². The minimum absolute atomic E-state index is 0. The van der Waals surface area contributed by atoms with Crippen LogP contribution in [0.15, 0.2) is 58.3 Å². The van der Waals surface area contributed by atoms with E-state index in [2.05, 4.69) is 41.3 Å². The number of halogens is 1. The first-order valence-electron chi connectivity index (χ1n) is 10.2. The molecule has 0 atom stereocenters. The number of methoxy groups -OCH3 is 1. The monoisotopic (exact) mass is 554 g/mol. The van der Waals surface area contributed by atoms with E-state index >= 15 is 0 Å². The van der Waals surface area contributed by atoms with Crippen molar-refractivity contribution in [2.75, 3.05) is 33.8 Å². The molecule has 0 bridgehead atoms. The van der Waals surface area contributed by atoms with Gasteiger partial charge in [0.15, 0.2) is 5.96 Å². The summed E-state index contributed by atoms with van der Waals surface area (Å²) in [7, 11) is 3.76. The third kappa shape index (κ3) is 8.53. The van der Waals surface area contributed by atoms with Crippen molar-refractivity contribution in [3.63, 3.8) is 0 Å². The molecule has 3 rings (SSSR count). The smallest absolute Gasteiger partial charge is 0.193 e. The van der Waals surface area contributed by atoms with Gasteiger partial charge < -0.3 is 19.4 Å². The highest BCUT2D eigenvalue weighted by atomic mass is 127. The zero-order valence-corrected chi connectivity index (χ0v) is 21.5. The van der Waals surface area contributed by atoms with Crippen LogP contribution < -0.4 is 10.1 Å². The molecule has 0 unspecified atom stereocenters. The van der Waals surface area contributed by atoms with Crippen LogP contribution in [0.1, 0.15) is 21.2 Å². The fraction of sp³-hybridized carbons (Fsp3) is 0.391. The van der Waals surface area contributed by atoms with E-state index in [4.69, 9.17) is 14.1 Å². The van der Waals surface area contributed by atoms with Gasteiger partial charge in [0.05, 0.1) is 18.4 Å². The normalized spacial score (nSPS) is 11.1. The molecule has 8 heteroatoms. The van der Waals surface area contributed by atoms with E-state index in [1.807, 2.05) is 30.5 Å². The molecule has 0 amide bonds. The maximum Gasteiger partial charge on any atom is 0.193 e. The number of nitrogens with zero attached hydrogens (tertiary/aromatic N) is 3. The standard InChI is InChI=1S/C23H30N4O2S.HI/c1-18-17-26-22(30-18)12-15-27(2)23(25-14-11-21-5-4-16-29-21)24-13-10-19-6-8-20(28-3)9-7-19;/h4-9,16-17H,10-15H2,1-3H3,(H,24,25);1H. The van der Waals surface area contributed by atoms with Crippen molar-refractivity contribution < 1.29 is 9.15 Å². The van der Waals surface area contributed by atoms with Crippen molar-refractivity contribution in [3.05, 3.63) is 70.1 Å². The third-order valence-corrected chi connectivity index (χ3v) is 5.72. The molecule has 168 valence electrons. The topological polar surface area (TPSA) is 62.9 Å². The Morgan fingerprint density at radius 2 is 2.00 bits per heavy atom. The summed E-state index contributed by atoms with van der Waals surface area (Å²) < 4.78 is 10.7. The summed E-state index contributed by atoms with van der Waals surface area (Å²) in [5.74, 6) is 2.74. The molecule has 6 nitrogen and oxygen atoms in total. The van der Waals surface area contributed by atoms with Gasteiger partial charge in [0, 0.05) is 50.6 Å². The Bertz CT molecular complexity index is 910. The van der Waals surface area contributed by atoms with Crippen LogP contribution >= 0.6 is 35.3 Å². The summed E-state index contributed by atoms with van der Waals surface area (Å²) in [4.78, 5) is 12.7. The minimum Gasteiger partial charge on any atom is -0.497 e. The Kier molecular flexibility index (Phi) is 10.9. The Hall–Kier alpha value is -2.07. The number of hydrogen-bond acceptors (Lipinski definition) is 5. The summed E-state index contributed by atoms with van der Waals surface area (Å²) in [6, 6.07) is 12.1. The average molecular weight is 554 g/mol. The SMILES string of the molecule is COc1ccc(CCNC(=NCCc2ccco2)N(C)CCc2ncc(C)s2)cc1.I. The Morgan fingerprint density at radius 1 is 1.19 bits per heavy atom. The van der Waals surface area contributed by atoms with Crippen LogP contribution in [0.25, 0.3) is 0 Å². The molecule has 0 aliphatic rings. The highest BCUT2D eigenvalue weighted by Crippen LogP contribution is 2.13. The predicted octanol–water partition coefficient (Wildman–Crippen LogP) is 4.58. The first-order chi connectivity index (χ1) is 14.6. The predicted molar refractivity (Wildman–Crippen MR) is 138 cm³/mol. The second-order valence-electron chi connectivity index (χ2n) is 7.10. The molecule has 0 saturated carbocycles. The van der Waals surface area contributed by atoms with Gasteiger partial charge in [-0.25, -0.2) is 4.98 Å². The number of rotatable bonds is 10. The lowest BCUT2D eigenvalue weighted by atomic mass is 10.1. The summed E-state index contributed by atoms with van der Waals surface area (Å²) in [6.07, 6.45) is 6.25. The summed E-state index contributed by atoms with van der Waals surface area (Å²) in [5, 5.41) is 4.67. The highest BCUT2D eigenvalue weighted by molar-refractivity contribution is 14.0. The van der Waals surface area contributed by atoms with E-state index in [1.54, 1.807) is 24.7 Å². The molecule has 0 saturated heterocycles. The maximum atomic E-state index is 5.42. The number of aryl methyl sites for hydroxylation is 1. The molecular weight excluding hydrogens is 523 g/mol. The van der Waals surface area contributed by atoms with E-state index < -0.39 is 0 Å². The van der Waals surface area contributed by atoms with Crippen LogP contribution in [0.5, 0.6) is 5.75 Å². The quantitative estimate of drug-likeness (QED) is 0.226.